The van der Waals surface area contributed by atoms with Gasteiger partial charge in [-0.3, -0.25) is 4.57 Å². The van der Waals surface area contributed by atoms with Crippen LogP contribution in [0.15, 0.2) is 17.1 Å². The third-order valence-corrected chi connectivity index (χ3v) is 4.06. The third kappa shape index (κ3) is 4.32. The summed E-state index contributed by atoms with van der Waals surface area (Å²) in [5.74, 6) is 0.0702. The van der Waals surface area contributed by atoms with E-state index in [2.05, 4.69) is 36.3 Å². The fraction of sp³-hybridized carbons (Fsp3) is 0.571. The highest BCUT2D eigenvalue weighted by atomic mass is 28.3. The van der Waals surface area contributed by atoms with E-state index in [1.54, 1.807) is 0 Å². The highest BCUT2D eigenvalue weighted by molar-refractivity contribution is 6.83. The van der Waals surface area contributed by atoms with Crippen LogP contribution in [0.2, 0.25) is 19.6 Å². The molecule has 1 saturated heterocycles. The van der Waals surface area contributed by atoms with Crippen molar-refractivity contribution in [1.82, 2.24) is 9.55 Å². The Morgan fingerprint density at radius 3 is 2.74 bits per heavy atom. The highest BCUT2D eigenvalue weighted by Crippen LogP contribution is 2.28. The maximum atomic E-state index is 11.8. The van der Waals surface area contributed by atoms with Gasteiger partial charge in [0.1, 0.15) is 44.9 Å². The minimum absolute atomic E-state index is 0.0106. The average molecular weight is 339 g/mol. The van der Waals surface area contributed by atoms with Gasteiger partial charge < -0.3 is 25.4 Å². The van der Waals surface area contributed by atoms with E-state index < -0.39 is 38.3 Å². The number of aliphatic hydroxyl groups is 2. The Balaban J connectivity index is 2.06. The van der Waals surface area contributed by atoms with Gasteiger partial charge in [-0.25, -0.2) is 4.79 Å². The van der Waals surface area contributed by atoms with Crippen LogP contribution in [0.1, 0.15) is 6.23 Å². The zero-order valence-corrected chi connectivity index (χ0v) is 14.3. The molecule has 2 rings (SSSR count). The van der Waals surface area contributed by atoms with E-state index in [1.807, 2.05) is 0 Å². The quantitative estimate of drug-likeness (QED) is 0.492. The Hall–Kier alpha value is -1.86. The monoisotopic (exact) mass is 339 g/mol. The van der Waals surface area contributed by atoms with Crippen molar-refractivity contribution in [1.29, 1.82) is 0 Å². The molecule has 1 aliphatic heterocycles. The van der Waals surface area contributed by atoms with Gasteiger partial charge in [-0.05, 0) is 6.07 Å². The van der Waals surface area contributed by atoms with Crippen molar-refractivity contribution in [2.45, 2.75) is 44.2 Å². The smallest absolute Gasteiger partial charge is 0.351 e. The summed E-state index contributed by atoms with van der Waals surface area (Å²) in [7, 11) is -1.55. The van der Waals surface area contributed by atoms with Gasteiger partial charge in [0.25, 0.3) is 0 Å². The fourth-order valence-corrected chi connectivity index (χ4v) is 2.41. The van der Waals surface area contributed by atoms with Crippen LogP contribution < -0.4 is 11.4 Å². The molecule has 0 bridgehead atoms. The lowest BCUT2D eigenvalue weighted by Crippen LogP contribution is -2.36. The third-order valence-electron chi connectivity index (χ3n) is 3.21. The molecule has 0 radical (unpaired) electrons. The zero-order chi connectivity index (χ0) is 17.2. The highest BCUT2D eigenvalue weighted by Gasteiger charge is 2.44. The minimum Gasteiger partial charge on any atom is -0.444 e. The van der Waals surface area contributed by atoms with Crippen LogP contribution in [-0.4, -0.2) is 52.8 Å². The standard InChI is InChI=1S/C14H21N3O5Si/c1-23(2,3)7-6-21-8-9-11(18)12(19)13(22-9)17-5-4-10(15)16-14(17)20/h4-5,9,11-13,18-19H,8H2,1-3H3,(H2,15,16,20)/t9-,11-,12-,13-/m1/s1. The minimum atomic E-state index is -1.55. The predicted octanol–water partition coefficient (Wildman–Crippen LogP) is -0.700. The van der Waals surface area contributed by atoms with Gasteiger partial charge in [-0.2, -0.15) is 4.98 Å². The SMILES string of the molecule is C[Si](C)(C)C#COC[C@H]1O[C@@H](n2ccc(N)nc2=O)[C@H](O)[C@@H]1O. The first-order valence-corrected chi connectivity index (χ1v) is 10.7. The summed E-state index contributed by atoms with van der Waals surface area (Å²) in [6.07, 6.45) is -0.361. The molecule has 1 fully saturated rings. The molecule has 1 aromatic heterocycles. The molecule has 0 aromatic carbocycles. The molecule has 0 amide bonds. The number of hydrogen-bond donors (Lipinski definition) is 3. The number of nitrogens with zero attached hydrogens (tertiary/aromatic N) is 2. The molecule has 126 valence electrons. The maximum Gasteiger partial charge on any atom is 0.351 e. The number of nitrogens with two attached hydrogens (primary N) is 1. The van der Waals surface area contributed by atoms with E-state index in [0.717, 1.165) is 4.57 Å². The van der Waals surface area contributed by atoms with Crippen LogP contribution in [0.3, 0.4) is 0 Å². The lowest BCUT2D eigenvalue weighted by Gasteiger charge is -2.16. The number of anilines is 1. The number of aromatic nitrogens is 2. The van der Waals surface area contributed by atoms with Crippen molar-refractivity contribution >= 4 is 13.9 Å². The van der Waals surface area contributed by atoms with Crippen LogP contribution >= 0.6 is 0 Å². The lowest BCUT2D eigenvalue weighted by molar-refractivity contribution is -0.0548. The Morgan fingerprint density at radius 2 is 2.13 bits per heavy atom. The first-order chi connectivity index (χ1) is 10.7. The van der Waals surface area contributed by atoms with Gasteiger partial charge in [-0.15, -0.1) is 0 Å². The Labute approximate surface area is 134 Å². The van der Waals surface area contributed by atoms with Crippen molar-refractivity contribution in [3.63, 3.8) is 0 Å². The Kier molecular flexibility index (Phi) is 5.11. The molecule has 1 aliphatic rings. The van der Waals surface area contributed by atoms with Crippen molar-refractivity contribution in [3.05, 3.63) is 22.7 Å². The molecule has 0 aliphatic carbocycles. The summed E-state index contributed by atoms with van der Waals surface area (Å²) < 4.78 is 11.8. The van der Waals surface area contributed by atoms with Gasteiger partial charge in [0.2, 0.25) is 0 Å². The molecule has 4 atom stereocenters. The fourth-order valence-electron chi connectivity index (χ4n) is 2.03. The van der Waals surface area contributed by atoms with E-state index in [-0.39, 0.29) is 12.4 Å². The van der Waals surface area contributed by atoms with Crippen LogP contribution in [0.5, 0.6) is 0 Å². The molecule has 0 saturated carbocycles. The number of aliphatic hydroxyl groups excluding tert-OH is 2. The van der Waals surface area contributed by atoms with Gasteiger partial charge in [0.05, 0.1) is 0 Å². The number of hydrogen-bond acceptors (Lipinski definition) is 7. The number of nitrogen functional groups attached to an aromatic ring is 1. The van der Waals surface area contributed by atoms with Crippen LogP contribution in [-0.2, 0) is 9.47 Å². The molecular weight excluding hydrogens is 318 g/mol. The second-order valence-electron chi connectivity index (χ2n) is 6.38. The second-order valence-corrected chi connectivity index (χ2v) is 11.1. The van der Waals surface area contributed by atoms with E-state index in [1.165, 1.54) is 12.3 Å². The first kappa shape index (κ1) is 17.5. The summed E-state index contributed by atoms with van der Waals surface area (Å²) in [4.78, 5) is 15.4. The normalized spacial score (nSPS) is 27.3. The Morgan fingerprint density at radius 1 is 1.43 bits per heavy atom. The Bertz CT molecular complexity index is 675. The summed E-state index contributed by atoms with van der Waals surface area (Å²) in [5.41, 5.74) is 7.78. The zero-order valence-electron chi connectivity index (χ0n) is 13.3. The molecule has 2 heterocycles. The van der Waals surface area contributed by atoms with Gasteiger partial charge in [-0.1, -0.05) is 25.2 Å². The summed E-state index contributed by atoms with van der Waals surface area (Å²) >= 11 is 0. The van der Waals surface area contributed by atoms with E-state index >= 15 is 0 Å². The molecule has 23 heavy (non-hydrogen) atoms. The number of rotatable bonds is 3. The molecule has 1 aromatic rings. The second kappa shape index (κ2) is 6.72. The predicted molar refractivity (Wildman–Crippen MR) is 85.9 cm³/mol. The van der Waals surface area contributed by atoms with Crippen LogP contribution in [0.4, 0.5) is 5.82 Å². The van der Waals surface area contributed by atoms with Crippen molar-refractivity contribution in [3.8, 4) is 11.7 Å². The topological polar surface area (TPSA) is 120 Å². The van der Waals surface area contributed by atoms with Crippen molar-refractivity contribution < 1.29 is 19.7 Å². The average Bonchev–Trinajstić information content (AvgIpc) is 2.71. The maximum absolute atomic E-state index is 11.8. The lowest BCUT2D eigenvalue weighted by atomic mass is 10.1. The van der Waals surface area contributed by atoms with Gasteiger partial charge >= 0.3 is 5.69 Å². The molecule has 0 spiro atoms. The van der Waals surface area contributed by atoms with Crippen LogP contribution in [0, 0.1) is 11.7 Å². The number of ether oxygens (including phenoxy) is 2. The van der Waals surface area contributed by atoms with Crippen LogP contribution in [0.25, 0.3) is 0 Å². The van der Waals surface area contributed by atoms with E-state index in [4.69, 9.17) is 15.2 Å². The molecular formula is C14H21N3O5Si. The van der Waals surface area contributed by atoms with Gasteiger partial charge in [0, 0.05) is 6.20 Å². The van der Waals surface area contributed by atoms with Gasteiger partial charge in [0.15, 0.2) is 6.23 Å². The summed E-state index contributed by atoms with van der Waals surface area (Å²) in [6, 6.07) is 1.41. The van der Waals surface area contributed by atoms with E-state index in [9.17, 15) is 15.0 Å². The summed E-state index contributed by atoms with van der Waals surface area (Å²) in [6.45, 7) is 6.21. The molecule has 4 N–H and O–H groups in total. The molecule has 8 nitrogen and oxygen atoms in total. The van der Waals surface area contributed by atoms with Crippen molar-refractivity contribution in [2.24, 2.45) is 0 Å². The first-order valence-electron chi connectivity index (χ1n) is 7.19. The molecule has 9 heteroatoms. The largest absolute Gasteiger partial charge is 0.444 e. The molecule has 0 unspecified atom stereocenters. The summed E-state index contributed by atoms with van der Waals surface area (Å²) in [5, 5.41) is 20.1. The van der Waals surface area contributed by atoms with E-state index in [0.29, 0.717) is 0 Å². The van der Waals surface area contributed by atoms with Crippen molar-refractivity contribution in [2.75, 3.05) is 12.3 Å².